The van der Waals surface area contributed by atoms with Gasteiger partial charge < -0.3 is 9.80 Å². The number of carbonyl (C=O) groups excluding carboxylic acids is 1. The molecule has 2 saturated heterocycles. The number of anilines is 1. The maximum atomic E-state index is 13.3. The van der Waals surface area contributed by atoms with Gasteiger partial charge in [0.15, 0.2) is 0 Å². The molecule has 3 aromatic rings. The number of rotatable bonds is 3. The van der Waals surface area contributed by atoms with E-state index in [0.29, 0.717) is 12.0 Å². The maximum absolute atomic E-state index is 13.3. The Bertz CT molecular complexity index is 1030. The van der Waals surface area contributed by atoms with Crippen molar-refractivity contribution >= 4 is 22.8 Å². The number of carbonyl (C=O) groups is 1. The first-order chi connectivity index (χ1) is 15.3. The van der Waals surface area contributed by atoms with Crippen molar-refractivity contribution < 1.29 is 4.79 Å². The van der Waals surface area contributed by atoms with E-state index >= 15 is 0 Å². The number of amides is 1. The van der Waals surface area contributed by atoms with E-state index in [-0.39, 0.29) is 5.91 Å². The lowest BCUT2D eigenvalue weighted by atomic mass is 9.86. The van der Waals surface area contributed by atoms with Crippen molar-refractivity contribution in [3.05, 3.63) is 66.4 Å². The van der Waals surface area contributed by atoms with E-state index in [0.717, 1.165) is 67.7 Å². The lowest BCUT2D eigenvalue weighted by Crippen LogP contribution is -2.48. The Balaban J connectivity index is 1.30. The van der Waals surface area contributed by atoms with Crippen molar-refractivity contribution in [2.24, 2.45) is 5.92 Å². The van der Waals surface area contributed by atoms with Gasteiger partial charge in [-0.05, 0) is 55.9 Å². The molecule has 2 aliphatic heterocycles. The third-order valence-corrected chi connectivity index (χ3v) is 6.92. The number of hydrogen-bond acceptors (Lipinski definition) is 4. The molecule has 0 aliphatic carbocycles. The van der Waals surface area contributed by atoms with Crippen LogP contribution in [0.3, 0.4) is 0 Å². The summed E-state index contributed by atoms with van der Waals surface area (Å²) in [5, 5.41) is 0. The highest BCUT2D eigenvalue weighted by atomic mass is 16.2. The molecule has 0 unspecified atom stereocenters. The molecule has 2 fully saturated rings. The minimum absolute atomic E-state index is 0.204. The molecule has 3 heterocycles. The lowest BCUT2D eigenvalue weighted by Gasteiger charge is -2.41. The number of hydrogen-bond donors (Lipinski definition) is 0. The second kappa shape index (κ2) is 9.04. The van der Waals surface area contributed by atoms with Crippen molar-refractivity contribution in [2.45, 2.75) is 44.6 Å². The second-order valence-electron chi connectivity index (χ2n) is 8.82. The SMILES string of the molecule is O=C(c1ccccc1)N1CCCCC[C@@H]1C1CCN(c2cnc3ccccc3n2)CC1. The van der Waals surface area contributed by atoms with Gasteiger partial charge in [-0.25, -0.2) is 4.98 Å². The van der Waals surface area contributed by atoms with Crippen molar-refractivity contribution in [2.75, 3.05) is 24.5 Å². The van der Waals surface area contributed by atoms with Crippen LogP contribution in [0, 0.1) is 5.92 Å². The van der Waals surface area contributed by atoms with Gasteiger partial charge in [-0.2, -0.15) is 0 Å². The summed E-state index contributed by atoms with van der Waals surface area (Å²) in [6.45, 7) is 2.83. The summed E-state index contributed by atoms with van der Waals surface area (Å²) in [7, 11) is 0. The molecular formula is C26H30N4O. The van der Waals surface area contributed by atoms with E-state index in [1.165, 1.54) is 12.8 Å². The Morgan fingerprint density at radius 2 is 1.55 bits per heavy atom. The normalized spacial score (nSPS) is 20.6. The molecule has 0 radical (unpaired) electrons. The fraction of sp³-hybridized carbons (Fsp3) is 0.423. The largest absolute Gasteiger partial charge is 0.355 e. The number of piperidine rings is 1. The molecule has 31 heavy (non-hydrogen) atoms. The minimum atomic E-state index is 0.204. The Kier molecular flexibility index (Phi) is 5.83. The Labute approximate surface area is 184 Å². The van der Waals surface area contributed by atoms with E-state index in [9.17, 15) is 4.79 Å². The van der Waals surface area contributed by atoms with Gasteiger partial charge in [0.1, 0.15) is 5.82 Å². The second-order valence-corrected chi connectivity index (χ2v) is 8.82. The monoisotopic (exact) mass is 414 g/mol. The minimum Gasteiger partial charge on any atom is -0.355 e. The zero-order chi connectivity index (χ0) is 21.0. The van der Waals surface area contributed by atoms with Gasteiger partial charge in [0.25, 0.3) is 5.91 Å². The van der Waals surface area contributed by atoms with Gasteiger partial charge in [0.2, 0.25) is 0 Å². The average Bonchev–Trinajstić information content (AvgIpc) is 3.10. The molecule has 0 N–H and O–H groups in total. The van der Waals surface area contributed by atoms with Gasteiger partial charge in [-0.15, -0.1) is 0 Å². The lowest BCUT2D eigenvalue weighted by molar-refractivity contribution is 0.0588. The van der Waals surface area contributed by atoms with Crippen molar-refractivity contribution in [3.8, 4) is 0 Å². The summed E-state index contributed by atoms with van der Waals surface area (Å²) in [4.78, 5) is 27.3. The summed E-state index contributed by atoms with van der Waals surface area (Å²) >= 11 is 0. The molecule has 1 amide bonds. The smallest absolute Gasteiger partial charge is 0.254 e. The van der Waals surface area contributed by atoms with Gasteiger partial charge in [0.05, 0.1) is 17.2 Å². The van der Waals surface area contributed by atoms with Crippen LogP contribution in [0.5, 0.6) is 0 Å². The fourth-order valence-corrected chi connectivity index (χ4v) is 5.24. The third kappa shape index (κ3) is 4.27. The van der Waals surface area contributed by atoms with Crippen LogP contribution in [0.15, 0.2) is 60.8 Å². The van der Waals surface area contributed by atoms with Crippen LogP contribution in [-0.2, 0) is 0 Å². The highest BCUT2D eigenvalue weighted by molar-refractivity contribution is 5.94. The third-order valence-electron chi connectivity index (χ3n) is 6.92. The number of aromatic nitrogens is 2. The molecule has 0 saturated carbocycles. The Morgan fingerprint density at radius 1 is 0.806 bits per heavy atom. The number of likely N-dealkylation sites (tertiary alicyclic amines) is 1. The number of benzene rings is 2. The molecule has 2 aliphatic rings. The molecule has 1 aromatic heterocycles. The highest BCUT2D eigenvalue weighted by Crippen LogP contribution is 2.32. The molecule has 5 rings (SSSR count). The highest BCUT2D eigenvalue weighted by Gasteiger charge is 2.34. The number of fused-ring (bicyclic) bond motifs is 1. The van der Waals surface area contributed by atoms with Crippen molar-refractivity contribution in [1.29, 1.82) is 0 Å². The van der Waals surface area contributed by atoms with Gasteiger partial charge in [-0.3, -0.25) is 9.78 Å². The van der Waals surface area contributed by atoms with E-state index in [1.54, 1.807) is 0 Å². The molecule has 2 aromatic carbocycles. The quantitative estimate of drug-likeness (QED) is 0.610. The first-order valence-corrected chi connectivity index (χ1v) is 11.6. The summed E-state index contributed by atoms with van der Waals surface area (Å²) in [6.07, 6.45) is 8.77. The first-order valence-electron chi connectivity index (χ1n) is 11.6. The van der Waals surface area contributed by atoms with E-state index in [1.807, 2.05) is 60.8 Å². The van der Waals surface area contributed by atoms with Gasteiger partial charge >= 0.3 is 0 Å². The summed E-state index contributed by atoms with van der Waals surface area (Å²) in [6, 6.07) is 18.2. The van der Waals surface area contributed by atoms with Crippen LogP contribution < -0.4 is 4.90 Å². The number of para-hydroxylation sites is 2. The van der Waals surface area contributed by atoms with Crippen LogP contribution in [-0.4, -0.2) is 46.5 Å². The summed E-state index contributed by atoms with van der Waals surface area (Å²) in [5.74, 6) is 1.72. The molecule has 0 bridgehead atoms. The predicted molar refractivity (Wildman–Crippen MR) is 124 cm³/mol. The maximum Gasteiger partial charge on any atom is 0.254 e. The van der Waals surface area contributed by atoms with Crippen LogP contribution in [0.1, 0.15) is 48.9 Å². The number of nitrogens with zero attached hydrogens (tertiary/aromatic N) is 4. The molecule has 5 nitrogen and oxygen atoms in total. The van der Waals surface area contributed by atoms with Crippen LogP contribution in [0.4, 0.5) is 5.82 Å². The van der Waals surface area contributed by atoms with Gasteiger partial charge in [-0.1, -0.05) is 43.2 Å². The van der Waals surface area contributed by atoms with Crippen molar-refractivity contribution in [3.63, 3.8) is 0 Å². The summed E-state index contributed by atoms with van der Waals surface area (Å²) < 4.78 is 0. The zero-order valence-corrected chi connectivity index (χ0v) is 18.0. The average molecular weight is 415 g/mol. The predicted octanol–water partition coefficient (Wildman–Crippen LogP) is 4.93. The first kappa shape index (κ1) is 20.0. The van der Waals surface area contributed by atoms with E-state index in [4.69, 9.17) is 4.98 Å². The van der Waals surface area contributed by atoms with E-state index < -0.39 is 0 Å². The molecular weight excluding hydrogens is 384 g/mol. The van der Waals surface area contributed by atoms with Crippen LogP contribution in [0.25, 0.3) is 11.0 Å². The van der Waals surface area contributed by atoms with Crippen LogP contribution in [0.2, 0.25) is 0 Å². The standard InChI is InChI=1S/C26H30N4O/c31-26(21-9-3-1-4-10-21)30-16-8-2-5-13-24(30)20-14-17-29(18-15-20)25-19-27-22-11-6-7-12-23(22)28-25/h1,3-4,6-7,9-12,19-20,24H,2,5,8,13-18H2/t24-/m1/s1. The molecule has 1 atom stereocenters. The summed E-state index contributed by atoms with van der Waals surface area (Å²) in [5.41, 5.74) is 2.71. The molecule has 160 valence electrons. The topological polar surface area (TPSA) is 49.3 Å². The molecule has 0 spiro atoms. The molecule has 5 heteroatoms. The Hall–Kier alpha value is -2.95. The zero-order valence-electron chi connectivity index (χ0n) is 18.0. The fourth-order valence-electron chi connectivity index (χ4n) is 5.24. The van der Waals surface area contributed by atoms with Crippen LogP contribution >= 0.6 is 0 Å². The Morgan fingerprint density at radius 3 is 2.35 bits per heavy atom. The van der Waals surface area contributed by atoms with E-state index in [2.05, 4.69) is 14.8 Å². The van der Waals surface area contributed by atoms with Gasteiger partial charge in [0, 0.05) is 31.2 Å². The van der Waals surface area contributed by atoms with Crippen molar-refractivity contribution in [1.82, 2.24) is 14.9 Å².